The SMILES string of the molecule is CCOc1ccc(NS(=O)(=O)CCCCCl)cc1CO. The Morgan fingerprint density at radius 1 is 1.35 bits per heavy atom. The zero-order valence-corrected chi connectivity index (χ0v) is 13.0. The maximum absolute atomic E-state index is 11.8. The number of benzene rings is 1. The van der Waals surface area contributed by atoms with Gasteiger partial charge in [0.05, 0.1) is 19.0 Å². The predicted octanol–water partition coefficient (Wildman–Crippen LogP) is 2.34. The maximum Gasteiger partial charge on any atom is 0.232 e. The van der Waals surface area contributed by atoms with E-state index in [1.807, 2.05) is 6.92 Å². The van der Waals surface area contributed by atoms with Gasteiger partial charge in [0.15, 0.2) is 0 Å². The Labute approximate surface area is 125 Å². The van der Waals surface area contributed by atoms with Crippen molar-refractivity contribution in [3.05, 3.63) is 23.8 Å². The summed E-state index contributed by atoms with van der Waals surface area (Å²) < 4.78 is 31.5. The van der Waals surface area contributed by atoms with Gasteiger partial charge in [0.25, 0.3) is 0 Å². The molecule has 0 unspecified atom stereocenters. The predicted molar refractivity (Wildman–Crippen MR) is 80.9 cm³/mol. The van der Waals surface area contributed by atoms with Crippen molar-refractivity contribution in [1.82, 2.24) is 0 Å². The Morgan fingerprint density at radius 3 is 2.70 bits per heavy atom. The quantitative estimate of drug-likeness (QED) is 0.540. The molecule has 0 fully saturated rings. The Hall–Kier alpha value is -0.980. The summed E-state index contributed by atoms with van der Waals surface area (Å²) in [6, 6.07) is 4.83. The number of aliphatic hydroxyl groups is 1. The van der Waals surface area contributed by atoms with Crippen molar-refractivity contribution >= 4 is 27.3 Å². The number of hydrogen-bond donors (Lipinski definition) is 2. The standard InChI is InChI=1S/C13H20ClNO4S/c1-2-19-13-6-5-12(9-11(13)10-16)15-20(17,18)8-4-3-7-14/h5-6,9,15-16H,2-4,7-8,10H2,1H3. The molecular formula is C13H20ClNO4S. The van der Waals surface area contributed by atoms with Crippen LogP contribution in [0, 0.1) is 0 Å². The number of unbranched alkanes of at least 4 members (excludes halogenated alkanes) is 1. The summed E-state index contributed by atoms with van der Waals surface area (Å²) in [5.74, 6) is 1.04. The van der Waals surface area contributed by atoms with Crippen LogP contribution < -0.4 is 9.46 Å². The molecule has 0 heterocycles. The van der Waals surface area contributed by atoms with Gasteiger partial charge in [-0.05, 0) is 38.0 Å². The maximum atomic E-state index is 11.8. The van der Waals surface area contributed by atoms with Crippen molar-refractivity contribution in [2.24, 2.45) is 0 Å². The number of hydrogen-bond acceptors (Lipinski definition) is 4. The van der Waals surface area contributed by atoms with Gasteiger partial charge in [0.1, 0.15) is 5.75 Å². The van der Waals surface area contributed by atoms with E-state index < -0.39 is 10.0 Å². The number of halogens is 1. The van der Waals surface area contributed by atoms with Gasteiger partial charge in [-0.1, -0.05) is 0 Å². The van der Waals surface area contributed by atoms with Crippen LogP contribution in [0.2, 0.25) is 0 Å². The number of aliphatic hydroxyl groups excluding tert-OH is 1. The lowest BCUT2D eigenvalue weighted by Crippen LogP contribution is -2.17. The minimum Gasteiger partial charge on any atom is -0.494 e. The lowest BCUT2D eigenvalue weighted by Gasteiger charge is -2.12. The molecule has 1 aromatic rings. The molecule has 0 spiro atoms. The topological polar surface area (TPSA) is 75.6 Å². The molecule has 0 aliphatic carbocycles. The van der Waals surface area contributed by atoms with Crippen molar-refractivity contribution < 1.29 is 18.3 Å². The van der Waals surface area contributed by atoms with E-state index in [-0.39, 0.29) is 12.4 Å². The highest BCUT2D eigenvalue weighted by molar-refractivity contribution is 7.92. The molecular weight excluding hydrogens is 302 g/mol. The van der Waals surface area contributed by atoms with Crippen LogP contribution in [0.15, 0.2) is 18.2 Å². The van der Waals surface area contributed by atoms with Crippen LogP contribution in [0.5, 0.6) is 5.75 Å². The van der Waals surface area contributed by atoms with Crippen molar-refractivity contribution in [2.75, 3.05) is 23.0 Å². The summed E-state index contributed by atoms with van der Waals surface area (Å²) >= 11 is 5.52. The molecule has 114 valence electrons. The van der Waals surface area contributed by atoms with Gasteiger partial charge >= 0.3 is 0 Å². The molecule has 1 aromatic carbocycles. The van der Waals surface area contributed by atoms with Gasteiger partial charge in [-0.25, -0.2) is 8.42 Å². The number of rotatable bonds is 9. The van der Waals surface area contributed by atoms with Gasteiger partial charge in [0, 0.05) is 17.1 Å². The fraction of sp³-hybridized carbons (Fsp3) is 0.538. The van der Waals surface area contributed by atoms with Crippen LogP contribution in [0.4, 0.5) is 5.69 Å². The average Bonchev–Trinajstić information content (AvgIpc) is 2.40. The van der Waals surface area contributed by atoms with Crippen molar-refractivity contribution in [3.8, 4) is 5.75 Å². The molecule has 2 N–H and O–H groups in total. The highest BCUT2D eigenvalue weighted by atomic mass is 35.5. The summed E-state index contributed by atoms with van der Waals surface area (Å²) in [6.45, 7) is 2.11. The second-order valence-corrected chi connectivity index (χ2v) is 6.45. The third kappa shape index (κ3) is 5.56. The van der Waals surface area contributed by atoms with Gasteiger partial charge < -0.3 is 9.84 Å². The van der Waals surface area contributed by atoms with Gasteiger partial charge in [-0.15, -0.1) is 11.6 Å². The first-order valence-corrected chi connectivity index (χ1v) is 8.64. The summed E-state index contributed by atoms with van der Waals surface area (Å²) in [5, 5.41) is 9.27. The number of alkyl halides is 1. The highest BCUT2D eigenvalue weighted by Gasteiger charge is 2.11. The summed E-state index contributed by atoms with van der Waals surface area (Å²) in [7, 11) is -3.39. The van der Waals surface area contributed by atoms with Crippen molar-refractivity contribution in [3.63, 3.8) is 0 Å². The second kappa shape index (κ2) is 8.34. The van der Waals surface area contributed by atoms with Crippen LogP contribution in [-0.2, 0) is 16.6 Å². The minimum absolute atomic E-state index is 0.0292. The lowest BCUT2D eigenvalue weighted by molar-refractivity contribution is 0.267. The largest absolute Gasteiger partial charge is 0.494 e. The van der Waals surface area contributed by atoms with Crippen molar-refractivity contribution in [2.45, 2.75) is 26.4 Å². The van der Waals surface area contributed by atoms with Crippen LogP contribution in [0.3, 0.4) is 0 Å². The Kier molecular flexibility index (Phi) is 7.12. The van der Waals surface area contributed by atoms with E-state index in [9.17, 15) is 13.5 Å². The Balaban J connectivity index is 2.77. The lowest BCUT2D eigenvalue weighted by atomic mass is 10.2. The molecule has 0 aromatic heterocycles. The molecule has 0 amide bonds. The third-order valence-corrected chi connectivity index (χ3v) is 4.24. The van der Waals surface area contributed by atoms with E-state index in [0.29, 0.717) is 42.3 Å². The van der Waals surface area contributed by atoms with E-state index >= 15 is 0 Å². The number of anilines is 1. The molecule has 5 nitrogen and oxygen atoms in total. The van der Waals surface area contributed by atoms with E-state index in [1.165, 1.54) is 0 Å². The molecule has 0 radical (unpaired) electrons. The molecule has 7 heteroatoms. The fourth-order valence-electron chi connectivity index (χ4n) is 1.68. The van der Waals surface area contributed by atoms with Crippen LogP contribution in [0.25, 0.3) is 0 Å². The van der Waals surface area contributed by atoms with E-state index in [4.69, 9.17) is 16.3 Å². The van der Waals surface area contributed by atoms with E-state index in [1.54, 1.807) is 18.2 Å². The van der Waals surface area contributed by atoms with Gasteiger partial charge in [-0.2, -0.15) is 0 Å². The first-order chi connectivity index (χ1) is 9.52. The van der Waals surface area contributed by atoms with Crippen LogP contribution in [-0.4, -0.2) is 31.8 Å². The number of ether oxygens (including phenoxy) is 1. The molecule has 0 saturated heterocycles. The summed E-state index contributed by atoms with van der Waals surface area (Å²) in [5.41, 5.74) is 0.969. The Morgan fingerprint density at radius 2 is 2.10 bits per heavy atom. The zero-order chi connectivity index (χ0) is 15.0. The van der Waals surface area contributed by atoms with Gasteiger partial charge in [-0.3, -0.25) is 4.72 Å². The van der Waals surface area contributed by atoms with Crippen molar-refractivity contribution in [1.29, 1.82) is 0 Å². The summed E-state index contributed by atoms with van der Waals surface area (Å²) in [4.78, 5) is 0. The smallest absolute Gasteiger partial charge is 0.232 e. The molecule has 1 rings (SSSR count). The molecule has 20 heavy (non-hydrogen) atoms. The van der Waals surface area contributed by atoms with Gasteiger partial charge in [0.2, 0.25) is 10.0 Å². The first kappa shape index (κ1) is 17.1. The molecule has 0 atom stereocenters. The van der Waals surface area contributed by atoms with Crippen LogP contribution >= 0.6 is 11.6 Å². The molecule has 0 bridgehead atoms. The summed E-state index contributed by atoms with van der Waals surface area (Å²) in [6.07, 6.45) is 1.18. The minimum atomic E-state index is -3.39. The third-order valence-electron chi connectivity index (χ3n) is 2.60. The van der Waals surface area contributed by atoms with Crippen LogP contribution in [0.1, 0.15) is 25.3 Å². The molecule has 0 saturated carbocycles. The monoisotopic (exact) mass is 321 g/mol. The number of nitrogens with one attached hydrogen (secondary N) is 1. The molecule has 0 aliphatic heterocycles. The normalized spacial score (nSPS) is 11.3. The van der Waals surface area contributed by atoms with E-state index in [2.05, 4.69) is 4.72 Å². The fourth-order valence-corrected chi connectivity index (χ4v) is 3.04. The first-order valence-electron chi connectivity index (χ1n) is 6.45. The average molecular weight is 322 g/mol. The highest BCUT2D eigenvalue weighted by Crippen LogP contribution is 2.23. The zero-order valence-electron chi connectivity index (χ0n) is 11.4. The number of sulfonamides is 1. The van der Waals surface area contributed by atoms with E-state index in [0.717, 1.165) is 0 Å². The molecule has 0 aliphatic rings. The Bertz CT molecular complexity index is 519. The second-order valence-electron chi connectivity index (χ2n) is 4.23.